The van der Waals surface area contributed by atoms with E-state index in [1.807, 2.05) is 36.1 Å². The summed E-state index contributed by atoms with van der Waals surface area (Å²) in [5, 5.41) is 7.71. The van der Waals surface area contributed by atoms with E-state index in [9.17, 15) is 4.79 Å². The van der Waals surface area contributed by atoms with Crippen molar-refractivity contribution in [3.63, 3.8) is 0 Å². The number of aromatic nitrogens is 2. The molecule has 1 aromatic heterocycles. The van der Waals surface area contributed by atoms with Crippen LogP contribution in [-0.4, -0.2) is 40.2 Å². The number of halogens is 1. The van der Waals surface area contributed by atoms with Crippen molar-refractivity contribution in [2.24, 2.45) is 7.05 Å². The number of nitrogens with one attached hydrogen (secondary N) is 1. The van der Waals surface area contributed by atoms with Crippen molar-refractivity contribution in [2.75, 3.05) is 25.0 Å². The van der Waals surface area contributed by atoms with Crippen molar-refractivity contribution < 1.29 is 4.79 Å². The second-order valence-electron chi connectivity index (χ2n) is 6.27. The minimum absolute atomic E-state index is 0.0110. The van der Waals surface area contributed by atoms with Gasteiger partial charge in [-0.3, -0.25) is 9.48 Å². The highest BCUT2D eigenvalue weighted by atomic mass is 35.5. The minimum atomic E-state index is 0.0110. The van der Waals surface area contributed by atoms with E-state index in [1.54, 1.807) is 6.07 Å². The molecule has 1 amide bonds. The molecule has 6 heteroatoms. The van der Waals surface area contributed by atoms with Gasteiger partial charge in [-0.2, -0.15) is 5.10 Å². The van der Waals surface area contributed by atoms with Gasteiger partial charge < -0.3 is 10.2 Å². The Bertz CT molecular complexity index is 692. The molecule has 0 atom stereocenters. The Morgan fingerprint density at radius 2 is 2.04 bits per heavy atom. The molecule has 0 radical (unpaired) electrons. The summed E-state index contributed by atoms with van der Waals surface area (Å²) in [5.41, 5.74) is 1.99. The molecule has 2 heterocycles. The van der Waals surface area contributed by atoms with Gasteiger partial charge in [0.1, 0.15) is 0 Å². The Kier molecular flexibility index (Phi) is 5.53. The molecule has 1 fully saturated rings. The fourth-order valence-electron chi connectivity index (χ4n) is 3.27. The fraction of sp³-hybridized carbons (Fsp3) is 0.444. The van der Waals surface area contributed by atoms with Gasteiger partial charge in [0.2, 0.25) is 5.91 Å². The molecule has 128 valence electrons. The Morgan fingerprint density at radius 1 is 1.29 bits per heavy atom. The van der Waals surface area contributed by atoms with Crippen molar-refractivity contribution in [1.82, 2.24) is 14.7 Å². The van der Waals surface area contributed by atoms with Gasteiger partial charge >= 0.3 is 0 Å². The first-order chi connectivity index (χ1) is 11.6. The van der Waals surface area contributed by atoms with Crippen molar-refractivity contribution in [1.29, 1.82) is 0 Å². The Hall–Kier alpha value is -1.85. The number of benzene rings is 1. The average Bonchev–Trinajstić information content (AvgIpc) is 3.02. The summed E-state index contributed by atoms with van der Waals surface area (Å²) in [6, 6.07) is 9.42. The molecule has 0 bridgehead atoms. The highest BCUT2D eigenvalue weighted by molar-refractivity contribution is 6.33. The van der Waals surface area contributed by atoms with Crippen LogP contribution in [0.5, 0.6) is 0 Å². The maximum atomic E-state index is 12.1. The molecule has 5 nitrogen and oxygen atoms in total. The summed E-state index contributed by atoms with van der Waals surface area (Å²) in [5.74, 6) is 0.586. The first-order valence-electron chi connectivity index (χ1n) is 8.38. The summed E-state index contributed by atoms with van der Waals surface area (Å²) in [6.07, 6.45) is 4.58. The lowest BCUT2D eigenvalue weighted by Gasteiger charge is -2.31. The number of para-hydroxylation sites is 1. The molecule has 0 aliphatic carbocycles. The topological polar surface area (TPSA) is 50.2 Å². The molecule has 24 heavy (non-hydrogen) atoms. The number of likely N-dealkylation sites (tertiary alicyclic amines) is 1. The van der Waals surface area contributed by atoms with Crippen molar-refractivity contribution in [3.8, 4) is 0 Å². The minimum Gasteiger partial charge on any atom is -0.325 e. The first kappa shape index (κ1) is 17.0. The second-order valence-corrected chi connectivity index (χ2v) is 6.68. The molecular formula is C18H23ClN4O. The largest absolute Gasteiger partial charge is 0.325 e. The molecule has 0 saturated carbocycles. The third-order valence-corrected chi connectivity index (χ3v) is 5.00. The highest BCUT2D eigenvalue weighted by Gasteiger charge is 2.22. The molecule has 1 aliphatic heterocycles. The molecule has 1 saturated heterocycles. The van der Waals surface area contributed by atoms with E-state index >= 15 is 0 Å². The first-order valence-corrected chi connectivity index (χ1v) is 8.76. The molecule has 1 aromatic carbocycles. The molecule has 2 aromatic rings. The van der Waals surface area contributed by atoms with E-state index in [0.717, 1.165) is 32.5 Å². The van der Waals surface area contributed by atoms with Gasteiger partial charge in [0.05, 0.1) is 10.7 Å². The van der Waals surface area contributed by atoms with Crippen LogP contribution in [0.25, 0.3) is 0 Å². The molecule has 0 unspecified atom stereocenters. The maximum absolute atomic E-state index is 12.1. The SMILES string of the molecule is Cn1nccc1C1CCN(CCC(=O)Nc2ccccc2Cl)CC1. The average molecular weight is 347 g/mol. The molecular weight excluding hydrogens is 324 g/mol. The lowest BCUT2D eigenvalue weighted by Crippen LogP contribution is -2.35. The van der Waals surface area contributed by atoms with E-state index in [0.29, 0.717) is 23.0 Å². The predicted molar refractivity (Wildman–Crippen MR) is 96.3 cm³/mol. The van der Waals surface area contributed by atoms with Gasteiger partial charge in [-0.05, 0) is 44.1 Å². The number of hydrogen-bond donors (Lipinski definition) is 1. The van der Waals surface area contributed by atoms with Crippen LogP contribution >= 0.6 is 11.6 Å². The summed E-state index contributed by atoms with van der Waals surface area (Å²) in [7, 11) is 2.00. The van der Waals surface area contributed by atoms with Crippen LogP contribution in [0.15, 0.2) is 36.5 Å². The summed E-state index contributed by atoms with van der Waals surface area (Å²) >= 11 is 6.06. The smallest absolute Gasteiger partial charge is 0.225 e. The number of carbonyl (C=O) groups is 1. The fourth-order valence-corrected chi connectivity index (χ4v) is 3.45. The molecule has 0 spiro atoms. The zero-order valence-corrected chi connectivity index (χ0v) is 14.7. The molecule has 1 N–H and O–H groups in total. The second kappa shape index (κ2) is 7.81. The van der Waals surface area contributed by atoms with Crippen LogP contribution in [-0.2, 0) is 11.8 Å². The third-order valence-electron chi connectivity index (χ3n) is 4.67. The zero-order valence-electron chi connectivity index (χ0n) is 13.9. The number of nitrogens with zero attached hydrogens (tertiary/aromatic N) is 3. The number of aryl methyl sites for hydroxylation is 1. The van der Waals surface area contributed by atoms with E-state index in [-0.39, 0.29) is 5.91 Å². The third kappa shape index (κ3) is 4.16. The standard InChI is InChI=1S/C18H23ClN4O/c1-22-17(6-10-20-22)14-7-11-23(12-8-14)13-9-18(24)21-16-5-3-2-4-15(16)19/h2-6,10,14H,7-9,11-13H2,1H3,(H,21,24). The van der Waals surface area contributed by atoms with Crippen LogP contribution in [0.3, 0.4) is 0 Å². The van der Waals surface area contributed by atoms with E-state index in [4.69, 9.17) is 11.6 Å². The lowest BCUT2D eigenvalue weighted by molar-refractivity contribution is -0.116. The van der Waals surface area contributed by atoms with E-state index < -0.39 is 0 Å². The highest BCUT2D eigenvalue weighted by Crippen LogP contribution is 2.27. The quantitative estimate of drug-likeness (QED) is 0.903. The van der Waals surface area contributed by atoms with Crippen LogP contribution in [0.1, 0.15) is 30.9 Å². The van der Waals surface area contributed by atoms with Crippen molar-refractivity contribution in [2.45, 2.75) is 25.2 Å². The van der Waals surface area contributed by atoms with Crippen LogP contribution in [0.4, 0.5) is 5.69 Å². The maximum Gasteiger partial charge on any atom is 0.225 e. The normalized spacial score (nSPS) is 16.2. The van der Waals surface area contributed by atoms with Crippen molar-refractivity contribution in [3.05, 3.63) is 47.2 Å². The number of rotatable bonds is 5. The van der Waals surface area contributed by atoms with E-state index in [2.05, 4.69) is 21.4 Å². The number of hydrogen-bond acceptors (Lipinski definition) is 3. The monoisotopic (exact) mass is 346 g/mol. The number of amides is 1. The Morgan fingerprint density at radius 3 is 2.71 bits per heavy atom. The number of anilines is 1. The Balaban J connectivity index is 1.43. The Labute approximate surface area is 147 Å². The van der Waals surface area contributed by atoms with Crippen LogP contribution in [0.2, 0.25) is 5.02 Å². The van der Waals surface area contributed by atoms with Crippen LogP contribution in [0, 0.1) is 0 Å². The number of carbonyl (C=O) groups excluding carboxylic acids is 1. The lowest BCUT2D eigenvalue weighted by atomic mass is 9.93. The molecule has 1 aliphatic rings. The predicted octanol–water partition coefficient (Wildman–Crippen LogP) is 3.28. The van der Waals surface area contributed by atoms with Gasteiger partial charge in [-0.1, -0.05) is 23.7 Å². The molecule has 3 rings (SSSR count). The van der Waals surface area contributed by atoms with Gasteiger partial charge in [0, 0.05) is 37.8 Å². The summed E-state index contributed by atoms with van der Waals surface area (Å²) in [4.78, 5) is 14.5. The van der Waals surface area contributed by atoms with Gasteiger partial charge in [0.15, 0.2) is 0 Å². The van der Waals surface area contributed by atoms with Gasteiger partial charge in [0.25, 0.3) is 0 Å². The van der Waals surface area contributed by atoms with Gasteiger partial charge in [-0.15, -0.1) is 0 Å². The van der Waals surface area contributed by atoms with E-state index in [1.165, 1.54) is 5.69 Å². The van der Waals surface area contributed by atoms with Gasteiger partial charge in [-0.25, -0.2) is 0 Å². The van der Waals surface area contributed by atoms with Crippen molar-refractivity contribution >= 4 is 23.2 Å². The number of piperidine rings is 1. The van der Waals surface area contributed by atoms with Crippen LogP contribution < -0.4 is 5.32 Å². The zero-order chi connectivity index (χ0) is 16.9. The summed E-state index contributed by atoms with van der Waals surface area (Å²) in [6.45, 7) is 2.83. The summed E-state index contributed by atoms with van der Waals surface area (Å²) < 4.78 is 1.97.